The van der Waals surface area contributed by atoms with E-state index in [1.807, 2.05) is 24.3 Å². The molecule has 4 nitrogen and oxygen atoms in total. The van der Waals surface area contributed by atoms with Crippen LogP contribution in [0.25, 0.3) is 0 Å². The van der Waals surface area contributed by atoms with Gasteiger partial charge in [-0.3, -0.25) is 0 Å². The molecule has 110 valence electrons. The second-order valence-electron chi connectivity index (χ2n) is 4.70. The van der Waals surface area contributed by atoms with Gasteiger partial charge in [0.2, 0.25) is 0 Å². The Bertz CT molecular complexity index is 441. The maximum absolute atomic E-state index is 5.63. The molecule has 0 aliphatic heterocycles. The zero-order chi connectivity index (χ0) is 14.8. The molecule has 0 spiro atoms. The summed E-state index contributed by atoms with van der Waals surface area (Å²) in [6.45, 7) is 11.8. The molecule has 0 heterocycles. The molecule has 0 amide bonds. The Labute approximate surface area is 121 Å². The highest BCUT2D eigenvalue weighted by Gasteiger charge is 2.03. The van der Waals surface area contributed by atoms with E-state index in [1.54, 1.807) is 6.08 Å². The molecule has 0 fully saturated rings. The molecule has 0 aliphatic rings. The maximum atomic E-state index is 5.63. The fourth-order valence-corrected chi connectivity index (χ4v) is 1.68. The topological polar surface area (TPSA) is 45.6 Å². The average Bonchev–Trinajstić information content (AvgIpc) is 2.43. The van der Waals surface area contributed by atoms with Crippen LogP contribution in [-0.4, -0.2) is 25.2 Å². The van der Waals surface area contributed by atoms with Crippen LogP contribution in [0.4, 0.5) is 0 Å². The normalized spacial score (nSPS) is 11.3. The number of ether oxygens (including phenoxy) is 1. The third kappa shape index (κ3) is 5.78. The first-order chi connectivity index (χ1) is 9.67. The second kappa shape index (κ2) is 9.02. The van der Waals surface area contributed by atoms with Gasteiger partial charge in [0.25, 0.3) is 0 Å². The molecule has 20 heavy (non-hydrogen) atoms. The number of hydrogen-bond donors (Lipinski definition) is 2. The smallest absolute Gasteiger partial charge is 0.191 e. The highest BCUT2D eigenvalue weighted by Crippen LogP contribution is 2.18. The zero-order valence-corrected chi connectivity index (χ0v) is 12.6. The van der Waals surface area contributed by atoms with Gasteiger partial charge in [-0.15, -0.1) is 0 Å². The van der Waals surface area contributed by atoms with Crippen molar-refractivity contribution in [1.29, 1.82) is 0 Å². The summed E-state index contributed by atoms with van der Waals surface area (Å²) >= 11 is 0. The van der Waals surface area contributed by atoms with Crippen molar-refractivity contribution in [2.75, 3.05) is 13.2 Å². The predicted octanol–water partition coefficient (Wildman–Crippen LogP) is 2.71. The summed E-state index contributed by atoms with van der Waals surface area (Å²) in [5.74, 6) is 1.68. The van der Waals surface area contributed by atoms with Gasteiger partial charge in [-0.05, 0) is 26.8 Å². The first kappa shape index (κ1) is 16.1. The highest BCUT2D eigenvalue weighted by molar-refractivity contribution is 5.80. The molecular weight excluding hydrogens is 250 g/mol. The first-order valence-electron chi connectivity index (χ1n) is 7.03. The van der Waals surface area contributed by atoms with E-state index >= 15 is 0 Å². The Balaban J connectivity index is 2.76. The fourth-order valence-electron chi connectivity index (χ4n) is 1.68. The summed E-state index contributed by atoms with van der Waals surface area (Å²) in [6, 6.07) is 8.29. The molecule has 0 saturated carbocycles. The van der Waals surface area contributed by atoms with E-state index in [0.29, 0.717) is 19.2 Å². The number of hydrogen-bond acceptors (Lipinski definition) is 2. The van der Waals surface area contributed by atoms with Crippen molar-refractivity contribution in [2.24, 2.45) is 4.99 Å². The lowest BCUT2D eigenvalue weighted by molar-refractivity contribution is 0.359. The molecule has 0 saturated heterocycles. The van der Waals surface area contributed by atoms with E-state index in [2.05, 4.69) is 43.0 Å². The van der Waals surface area contributed by atoms with E-state index < -0.39 is 0 Å². The maximum Gasteiger partial charge on any atom is 0.191 e. The molecule has 1 aromatic carbocycles. The van der Waals surface area contributed by atoms with Crippen LogP contribution < -0.4 is 15.4 Å². The van der Waals surface area contributed by atoms with Crippen LogP contribution in [0.1, 0.15) is 26.3 Å². The van der Waals surface area contributed by atoms with Gasteiger partial charge in [0.05, 0.1) is 6.54 Å². The minimum atomic E-state index is 0.347. The molecule has 1 aromatic rings. The van der Waals surface area contributed by atoms with E-state index in [9.17, 15) is 0 Å². The van der Waals surface area contributed by atoms with Gasteiger partial charge in [-0.2, -0.15) is 0 Å². The van der Waals surface area contributed by atoms with E-state index in [1.165, 1.54) is 0 Å². The van der Waals surface area contributed by atoms with Crippen LogP contribution in [0.3, 0.4) is 0 Å². The quantitative estimate of drug-likeness (QED) is 0.457. The third-order valence-corrected chi connectivity index (χ3v) is 2.51. The lowest BCUT2D eigenvalue weighted by Gasteiger charge is -2.14. The lowest BCUT2D eigenvalue weighted by Crippen LogP contribution is -2.41. The second-order valence-corrected chi connectivity index (χ2v) is 4.70. The zero-order valence-electron chi connectivity index (χ0n) is 12.6. The van der Waals surface area contributed by atoms with Gasteiger partial charge in [-0.25, -0.2) is 4.99 Å². The average molecular weight is 275 g/mol. The Morgan fingerprint density at radius 3 is 2.80 bits per heavy atom. The summed E-state index contributed by atoms with van der Waals surface area (Å²) in [5, 5.41) is 6.52. The van der Waals surface area contributed by atoms with Gasteiger partial charge in [0.15, 0.2) is 5.96 Å². The number of para-hydroxylation sites is 1. The van der Waals surface area contributed by atoms with Crippen molar-refractivity contribution in [1.82, 2.24) is 10.6 Å². The molecule has 0 aliphatic carbocycles. The van der Waals surface area contributed by atoms with Crippen LogP contribution in [0.2, 0.25) is 0 Å². The number of nitrogens with one attached hydrogen (secondary N) is 2. The van der Waals surface area contributed by atoms with Gasteiger partial charge in [-0.1, -0.05) is 30.9 Å². The monoisotopic (exact) mass is 275 g/mol. The number of guanidine groups is 1. The molecule has 1 rings (SSSR count). The summed E-state index contributed by atoms with van der Waals surface area (Å²) in [5.41, 5.74) is 1.07. The Hall–Kier alpha value is -1.97. The van der Waals surface area contributed by atoms with Gasteiger partial charge in [0.1, 0.15) is 12.4 Å². The minimum absolute atomic E-state index is 0.347. The number of rotatable bonds is 7. The molecule has 4 heteroatoms. The minimum Gasteiger partial charge on any atom is -0.489 e. The molecule has 0 bridgehead atoms. The summed E-state index contributed by atoms with van der Waals surface area (Å²) in [4.78, 5) is 4.58. The third-order valence-electron chi connectivity index (χ3n) is 2.51. The van der Waals surface area contributed by atoms with Crippen LogP contribution in [-0.2, 0) is 6.54 Å². The standard InChI is InChI=1S/C16H25N3O/c1-5-11-20-15-10-8-7-9-14(15)12-18-16(17-6-2)19-13(3)4/h5,7-10,13H,1,6,11-12H2,2-4H3,(H2,17,18,19). The van der Waals surface area contributed by atoms with Gasteiger partial charge < -0.3 is 15.4 Å². The number of benzene rings is 1. The summed E-state index contributed by atoms with van der Waals surface area (Å²) < 4.78 is 5.63. The lowest BCUT2D eigenvalue weighted by atomic mass is 10.2. The van der Waals surface area contributed by atoms with Crippen LogP contribution in [0.15, 0.2) is 41.9 Å². The molecule has 0 unspecified atom stereocenters. The van der Waals surface area contributed by atoms with Crippen LogP contribution in [0.5, 0.6) is 5.75 Å². The van der Waals surface area contributed by atoms with E-state index in [0.717, 1.165) is 23.8 Å². The van der Waals surface area contributed by atoms with E-state index in [4.69, 9.17) is 4.74 Å². The number of aliphatic imine (C=N–C) groups is 1. The largest absolute Gasteiger partial charge is 0.489 e. The molecule has 0 radical (unpaired) electrons. The Morgan fingerprint density at radius 1 is 1.40 bits per heavy atom. The van der Waals surface area contributed by atoms with Crippen molar-refractivity contribution >= 4 is 5.96 Å². The fraction of sp³-hybridized carbons (Fsp3) is 0.438. The van der Waals surface area contributed by atoms with Gasteiger partial charge >= 0.3 is 0 Å². The molecular formula is C16H25N3O. The molecule has 0 atom stereocenters. The summed E-state index contributed by atoms with van der Waals surface area (Å²) in [6.07, 6.45) is 1.74. The number of nitrogens with zero attached hydrogens (tertiary/aromatic N) is 1. The van der Waals surface area contributed by atoms with Crippen LogP contribution >= 0.6 is 0 Å². The summed E-state index contributed by atoms with van der Waals surface area (Å²) in [7, 11) is 0. The van der Waals surface area contributed by atoms with E-state index in [-0.39, 0.29) is 0 Å². The van der Waals surface area contributed by atoms with Crippen molar-refractivity contribution in [3.05, 3.63) is 42.5 Å². The first-order valence-corrected chi connectivity index (χ1v) is 7.03. The van der Waals surface area contributed by atoms with Gasteiger partial charge in [0, 0.05) is 18.2 Å². The molecule has 2 N–H and O–H groups in total. The highest BCUT2D eigenvalue weighted by atomic mass is 16.5. The van der Waals surface area contributed by atoms with Crippen LogP contribution in [0, 0.1) is 0 Å². The van der Waals surface area contributed by atoms with Crippen molar-refractivity contribution in [3.63, 3.8) is 0 Å². The van der Waals surface area contributed by atoms with Crippen molar-refractivity contribution in [3.8, 4) is 5.75 Å². The van der Waals surface area contributed by atoms with Crippen molar-refractivity contribution < 1.29 is 4.74 Å². The van der Waals surface area contributed by atoms with Crippen molar-refractivity contribution in [2.45, 2.75) is 33.4 Å². The Kier molecular flexibility index (Phi) is 7.25. The predicted molar refractivity (Wildman–Crippen MR) is 85.2 cm³/mol. The Morgan fingerprint density at radius 2 is 2.15 bits per heavy atom. The SMILES string of the molecule is C=CCOc1ccccc1CN=C(NCC)NC(C)C. The molecule has 0 aromatic heterocycles.